The number of phosphoric acid groups is 1. The highest BCUT2D eigenvalue weighted by atomic mass is 31.2. The molecule has 0 aliphatic heterocycles. The molecule has 0 fully saturated rings. The maximum absolute atomic E-state index is 12.8. The Morgan fingerprint density at radius 3 is 1.22 bits per heavy atom. The first-order valence-corrected chi connectivity index (χ1v) is 25.4. The highest BCUT2D eigenvalue weighted by molar-refractivity contribution is 7.47. The highest BCUT2D eigenvalue weighted by Crippen LogP contribution is 2.43. The predicted molar refractivity (Wildman–Crippen MR) is 236 cm³/mol. The number of phosphoric ester groups is 1. The molecule has 0 spiro atoms. The van der Waals surface area contributed by atoms with Gasteiger partial charge in [0.2, 0.25) is 5.91 Å². The van der Waals surface area contributed by atoms with Crippen molar-refractivity contribution in [1.82, 2.24) is 5.32 Å². The molecule has 0 saturated carbocycles. The first-order chi connectivity index (χ1) is 26.5. The molecular weight excluding hydrogens is 707 g/mol. The summed E-state index contributed by atoms with van der Waals surface area (Å²) in [6.45, 7) is 4.86. The van der Waals surface area contributed by atoms with E-state index in [0.29, 0.717) is 23.9 Å². The summed E-state index contributed by atoms with van der Waals surface area (Å²) >= 11 is 0. The van der Waals surface area contributed by atoms with Gasteiger partial charge in [-0.05, 0) is 12.8 Å². The molecule has 0 aromatic heterocycles. The second-order valence-electron chi connectivity index (χ2n) is 17.9. The monoisotopic (exact) mass is 804 g/mol. The van der Waals surface area contributed by atoms with Crippen molar-refractivity contribution < 1.29 is 32.9 Å². The van der Waals surface area contributed by atoms with E-state index < -0.39 is 20.0 Å². The summed E-state index contributed by atoms with van der Waals surface area (Å²) in [5.74, 6) is -0.148. The van der Waals surface area contributed by atoms with Crippen LogP contribution in [0.5, 0.6) is 0 Å². The van der Waals surface area contributed by atoms with Gasteiger partial charge in [-0.1, -0.05) is 219 Å². The Kier molecular flexibility index (Phi) is 38.6. The van der Waals surface area contributed by atoms with Crippen LogP contribution in [-0.2, 0) is 18.4 Å². The quantitative estimate of drug-likeness (QED) is 0.0322. The Morgan fingerprint density at radius 1 is 0.545 bits per heavy atom. The standard InChI is InChI=1S/C46H95N2O6P/c1-6-8-10-12-14-15-16-17-18-19-20-21-22-23-24-25-26-27-28-29-30-31-32-34-35-37-39-45(49)44(43-54-55(51,52)53-42-41-48(3,4)5)47-46(50)40-38-36-33-13-11-9-7-2/h44-45,49H,6-43H2,1-5H3,(H-,47,50,51,52)/p+1. The predicted octanol–water partition coefficient (Wildman–Crippen LogP) is 13.4. The highest BCUT2D eigenvalue weighted by Gasteiger charge is 2.28. The van der Waals surface area contributed by atoms with Crippen molar-refractivity contribution in [3.8, 4) is 0 Å². The lowest BCUT2D eigenvalue weighted by Crippen LogP contribution is -2.46. The van der Waals surface area contributed by atoms with Gasteiger partial charge in [-0.2, -0.15) is 0 Å². The first kappa shape index (κ1) is 54.5. The van der Waals surface area contributed by atoms with Gasteiger partial charge in [0.05, 0.1) is 39.9 Å². The number of aliphatic hydroxyl groups is 1. The zero-order chi connectivity index (χ0) is 40.7. The van der Waals surface area contributed by atoms with Crippen LogP contribution in [0.25, 0.3) is 0 Å². The minimum atomic E-state index is -4.30. The molecule has 0 aromatic rings. The van der Waals surface area contributed by atoms with E-state index in [1.165, 1.54) is 173 Å². The van der Waals surface area contributed by atoms with Crippen LogP contribution in [0.4, 0.5) is 0 Å². The molecule has 0 rings (SSSR count). The second-order valence-corrected chi connectivity index (χ2v) is 19.3. The van der Waals surface area contributed by atoms with Crippen molar-refractivity contribution in [2.45, 2.75) is 251 Å². The fourth-order valence-electron chi connectivity index (χ4n) is 7.28. The Balaban J connectivity index is 4.00. The molecule has 0 aromatic carbocycles. The largest absolute Gasteiger partial charge is 0.472 e. The molecule has 8 nitrogen and oxygen atoms in total. The van der Waals surface area contributed by atoms with E-state index in [0.717, 1.165) is 38.5 Å². The third-order valence-electron chi connectivity index (χ3n) is 11.1. The third-order valence-corrected chi connectivity index (χ3v) is 12.1. The van der Waals surface area contributed by atoms with E-state index in [9.17, 15) is 19.4 Å². The number of likely N-dealkylation sites (N-methyl/N-ethyl adjacent to an activating group) is 1. The van der Waals surface area contributed by atoms with Gasteiger partial charge >= 0.3 is 7.82 Å². The smallest absolute Gasteiger partial charge is 0.391 e. The van der Waals surface area contributed by atoms with Crippen LogP contribution < -0.4 is 5.32 Å². The van der Waals surface area contributed by atoms with Crippen molar-refractivity contribution >= 4 is 13.7 Å². The lowest BCUT2D eigenvalue weighted by atomic mass is 10.0. The van der Waals surface area contributed by atoms with E-state index >= 15 is 0 Å². The van der Waals surface area contributed by atoms with E-state index in [1.807, 2.05) is 21.1 Å². The molecule has 0 radical (unpaired) electrons. The van der Waals surface area contributed by atoms with Gasteiger partial charge in [-0.25, -0.2) is 4.57 Å². The zero-order valence-corrected chi connectivity index (χ0v) is 38.3. The Morgan fingerprint density at radius 2 is 0.873 bits per heavy atom. The normalized spacial score (nSPS) is 14.2. The Hall–Kier alpha value is -0.500. The third kappa shape index (κ3) is 41.5. The van der Waals surface area contributed by atoms with Crippen LogP contribution in [0.2, 0.25) is 0 Å². The molecule has 0 aliphatic carbocycles. The van der Waals surface area contributed by atoms with Crippen LogP contribution in [0.3, 0.4) is 0 Å². The lowest BCUT2D eigenvalue weighted by molar-refractivity contribution is -0.870. The van der Waals surface area contributed by atoms with Gasteiger partial charge in [-0.15, -0.1) is 0 Å². The zero-order valence-electron chi connectivity index (χ0n) is 37.4. The minimum absolute atomic E-state index is 0.0781. The molecular formula is C46H96N2O6P+. The number of unbranched alkanes of at least 4 members (excludes halogenated alkanes) is 31. The molecule has 55 heavy (non-hydrogen) atoms. The average molecular weight is 804 g/mol. The van der Waals surface area contributed by atoms with E-state index in [4.69, 9.17) is 9.05 Å². The molecule has 1 amide bonds. The van der Waals surface area contributed by atoms with Crippen LogP contribution in [0, 0.1) is 0 Å². The number of carbonyl (C=O) groups is 1. The van der Waals surface area contributed by atoms with Crippen molar-refractivity contribution in [2.75, 3.05) is 40.9 Å². The number of carbonyl (C=O) groups excluding carboxylic acids is 1. The number of hydrogen-bond donors (Lipinski definition) is 3. The van der Waals surface area contributed by atoms with Gasteiger partial charge in [0.25, 0.3) is 0 Å². The molecule has 0 bridgehead atoms. The van der Waals surface area contributed by atoms with E-state index in [-0.39, 0.29) is 19.1 Å². The Bertz CT molecular complexity index is 870. The molecule has 3 atom stereocenters. The molecule has 330 valence electrons. The van der Waals surface area contributed by atoms with E-state index in [1.54, 1.807) is 0 Å². The summed E-state index contributed by atoms with van der Waals surface area (Å²) in [6, 6.07) is -0.751. The summed E-state index contributed by atoms with van der Waals surface area (Å²) in [4.78, 5) is 23.0. The minimum Gasteiger partial charge on any atom is -0.391 e. The Labute approximate surface area is 342 Å². The number of amides is 1. The van der Waals surface area contributed by atoms with Crippen LogP contribution in [-0.4, -0.2) is 73.4 Å². The summed E-state index contributed by atoms with van der Waals surface area (Å²) in [5, 5.41) is 13.9. The van der Waals surface area contributed by atoms with Gasteiger partial charge < -0.3 is 19.8 Å². The number of nitrogens with one attached hydrogen (secondary N) is 1. The number of rotatable bonds is 44. The molecule has 0 saturated heterocycles. The number of aliphatic hydroxyl groups excluding tert-OH is 1. The number of quaternary nitrogens is 1. The van der Waals surface area contributed by atoms with Gasteiger partial charge in [0, 0.05) is 6.42 Å². The van der Waals surface area contributed by atoms with Gasteiger partial charge in [0.15, 0.2) is 0 Å². The molecule has 3 unspecified atom stereocenters. The number of hydrogen-bond acceptors (Lipinski definition) is 5. The molecule has 9 heteroatoms. The summed E-state index contributed by atoms with van der Waals surface area (Å²) < 4.78 is 23.6. The molecule has 0 aliphatic rings. The summed E-state index contributed by atoms with van der Waals surface area (Å²) in [5.41, 5.74) is 0. The fourth-order valence-corrected chi connectivity index (χ4v) is 8.02. The van der Waals surface area contributed by atoms with Crippen molar-refractivity contribution in [3.63, 3.8) is 0 Å². The lowest BCUT2D eigenvalue weighted by Gasteiger charge is -2.26. The topological polar surface area (TPSA) is 105 Å². The van der Waals surface area contributed by atoms with Crippen LogP contribution in [0.15, 0.2) is 0 Å². The van der Waals surface area contributed by atoms with Gasteiger partial charge in [0.1, 0.15) is 13.2 Å². The van der Waals surface area contributed by atoms with Crippen LogP contribution >= 0.6 is 7.82 Å². The van der Waals surface area contributed by atoms with Crippen LogP contribution in [0.1, 0.15) is 239 Å². The summed E-state index contributed by atoms with van der Waals surface area (Å²) in [7, 11) is 1.63. The fraction of sp³-hybridized carbons (Fsp3) is 0.978. The van der Waals surface area contributed by atoms with Gasteiger partial charge in [-0.3, -0.25) is 13.8 Å². The van der Waals surface area contributed by atoms with Crippen molar-refractivity contribution in [1.29, 1.82) is 0 Å². The SMILES string of the molecule is CCCCCCCCCCCCCCCCCCCCCCCCCCCCC(O)C(COP(=O)(O)OCC[N+](C)(C)C)NC(=O)CCCCCCCCC. The van der Waals surface area contributed by atoms with Crippen molar-refractivity contribution in [3.05, 3.63) is 0 Å². The molecule has 3 N–H and O–H groups in total. The first-order valence-electron chi connectivity index (χ1n) is 23.9. The summed E-state index contributed by atoms with van der Waals surface area (Å²) in [6.07, 6.45) is 43.1. The number of nitrogens with zero attached hydrogens (tertiary/aromatic N) is 1. The van der Waals surface area contributed by atoms with E-state index in [2.05, 4.69) is 19.2 Å². The molecule has 0 heterocycles. The van der Waals surface area contributed by atoms with Crippen molar-refractivity contribution in [2.24, 2.45) is 0 Å². The maximum Gasteiger partial charge on any atom is 0.472 e. The second kappa shape index (κ2) is 39.0. The maximum atomic E-state index is 12.8. The average Bonchev–Trinajstić information content (AvgIpc) is 3.13.